The predicted molar refractivity (Wildman–Crippen MR) is 158 cm³/mol. The lowest BCUT2D eigenvalue weighted by molar-refractivity contribution is 0.0942. The molecular formula is C29H27F4N7O4S. The van der Waals surface area contributed by atoms with E-state index in [1.165, 1.54) is 6.33 Å². The first-order chi connectivity index (χ1) is 21.3. The number of nitrogen functional groups attached to an aromatic ring is 1. The summed E-state index contributed by atoms with van der Waals surface area (Å²) in [5.41, 5.74) is 5.24. The van der Waals surface area contributed by atoms with Crippen molar-refractivity contribution in [3.8, 4) is 11.5 Å². The lowest BCUT2D eigenvalue weighted by Gasteiger charge is -2.17. The van der Waals surface area contributed by atoms with Crippen molar-refractivity contribution >= 4 is 33.3 Å². The molecule has 0 fully saturated rings. The highest BCUT2D eigenvalue weighted by molar-refractivity contribution is 7.89. The van der Waals surface area contributed by atoms with Gasteiger partial charge in [-0.25, -0.2) is 40.3 Å². The molecule has 0 aliphatic rings. The zero-order valence-electron chi connectivity index (χ0n) is 23.9. The van der Waals surface area contributed by atoms with Crippen LogP contribution in [0.15, 0.2) is 65.8 Å². The Kier molecular flexibility index (Phi) is 9.98. The van der Waals surface area contributed by atoms with E-state index in [-0.39, 0.29) is 42.4 Å². The number of carbonyl (C=O) groups is 1. The molecule has 4 aromatic rings. The molecule has 0 radical (unpaired) electrons. The zero-order valence-corrected chi connectivity index (χ0v) is 24.7. The molecule has 45 heavy (non-hydrogen) atoms. The molecule has 0 aliphatic carbocycles. The van der Waals surface area contributed by atoms with Gasteiger partial charge in [-0.05, 0) is 42.8 Å². The van der Waals surface area contributed by atoms with E-state index >= 15 is 0 Å². The van der Waals surface area contributed by atoms with Crippen LogP contribution in [0, 0.1) is 28.7 Å². The molecule has 4 rings (SSSR count). The number of ether oxygens (including phenoxy) is 1. The Labute approximate surface area is 255 Å². The monoisotopic (exact) mass is 645 g/mol. The largest absolute Gasteiger partial charge is 0.457 e. The van der Waals surface area contributed by atoms with Crippen molar-refractivity contribution in [3.63, 3.8) is 0 Å². The molecule has 1 amide bonds. The van der Waals surface area contributed by atoms with E-state index in [1.54, 1.807) is 36.4 Å². The van der Waals surface area contributed by atoms with Gasteiger partial charge in [0.15, 0.2) is 23.3 Å². The molecule has 0 saturated carbocycles. The second kappa shape index (κ2) is 13.7. The average molecular weight is 646 g/mol. The van der Waals surface area contributed by atoms with Crippen LogP contribution in [0.2, 0.25) is 0 Å². The fourth-order valence-corrected chi connectivity index (χ4v) is 5.18. The maximum absolute atomic E-state index is 14.6. The molecule has 0 atom stereocenters. The molecule has 1 heterocycles. The Bertz CT molecular complexity index is 1840. The smallest absolute Gasteiger partial charge is 0.255 e. The number of sulfonamides is 1. The predicted octanol–water partition coefficient (Wildman–Crippen LogP) is 4.31. The molecule has 0 bridgehead atoms. The van der Waals surface area contributed by atoms with Gasteiger partial charge < -0.3 is 21.1 Å². The quantitative estimate of drug-likeness (QED) is 0.0583. The van der Waals surface area contributed by atoms with Crippen LogP contribution in [0.1, 0.15) is 27.9 Å². The van der Waals surface area contributed by atoms with E-state index in [0.29, 0.717) is 21.4 Å². The highest BCUT2D eigenvalue weighted by atomic mass is 32.2. The van der Waals surface area contributed by atoms with E-state index in [1.807, 2.05) is 18.2 Å². The second-order valence-corrected chi connectivity index (χ2v) is 11.7. The highest BCUT2D eigenvalue weighted by Crippen LogP contribution is 2.30. The van der Waals surface area contributed by atoms with Gasteiger partial charge in [0.2, 0.25) is 10.0 Å². The normalized spacial score (nSPS) is 11.4. The molecule has 236 valence electrons. The minimum absolute atomic E-state index is 0.000586. The number of nitrogens with zero attached hydrogens (tertiary/aromatic N) is 3. The third-order valence-corrected chi connectivity index (χ3v) is 8.23. The minimum atomic E-state index is -4.89. The lowest BCUT2D eigenvalue weighted by Crippen LogP contribution is -2.32. The van der Waals surface area contributed by atoms with E-state index in [0.717, 1.165) is 14.1 Å². The van der Waals surface area contributed by atoms with Crippen molar-refractivity contribution in [1.29, 1.82) is 5.41 Å². The SMILES string of the molecule is CN(C)S(=O)(=O)c1c(F)c(F)c(F)c(F)c1C(=O)NCCCNc1ncnc(N)c1C(=N)c1ccc(Oc2ccccc2)cc1. The van der Waals surface area contributed by atoms with Crippen LogP contribution < -0.4 is 21.1 Å². The molecule has 16 heteroatoms. The topological polar surface area (TPSA) is 163 Å². The van der Waals surface area contributed by atoms with Gasteiger partial charge in [0.1, 0.15) is 39.9 Å². The summed E-state index contributed by atoms with van der Waals surface area (Å²) in [7, 11) is -2.99. The van der Waals surface area contributed by atoms with E-state index < -0.39 is 49.7 Å². The Hall–Kier alpha value is -5.09. The fraction of sp³-hybridized carbons (Fsp3) is 0.172. The molecule has 5 N–H and O–H groups in total. The van der Waals surface area contributed by atoms with Gasteiger partial charge in [0.25, 0.3) is 5.91 Å². The fourth-order valence-electron chi connectivity index (χ4n) is 4.06. The van der Waals surface area contributed by atoms with E-state index in [4.69, 9.17) is 15.9 Å². The number of nitrogens with one attached hydrogen (secondary N) is 3. The number of para-hydroxylation sites is 1. The molecule has 0 saturated heterocycles. The van der Waals surface area contributed by atoms with Crippen molar-refractivity contribution in [2.24, 2.45) is 0 Å². The highest BCUT2D eigenvalue weighted by Gasteiger charge is 2.37. The first-order valence-electron chi connectivity index (χ1n) is 13.2. The molecule has 0 spiro atoms. The van der Waals surface area contributed by atoms with Crippen molar-refractivity contribution < 1.29 is 35.5 Å². The molecule has 0 aliphatic heterocycles. The maximum atomic E-state index is 14.6. The number of nitrogens with two attached hydrogens (primary N) is 1. The van der Waals surface area contributed by atoms with Crippen LogP contribution in [0.25, 0.3) is 0 Å². The average Bonchev–Trinajstić information content (AvgIpc) is 3.01. The third kappa shape index (κ3) is 7.02. The number of aromatic nitrogens is 2. The van der Waals surface area contributed by atoms with Gasteiger partial charge in [-0.3, -0.25) is 10.2 Å². The van der Waals surface area contributed by atoms with Crippen LogP contribution >= 0.6 is 0 Å². The summed E-state index contributed by atoms with van der Waals surface area (Å²) in [6.45, 7) is -0.137. The lowest BCUT2D eigenvalue weighted by atomic mass is 10.0. The first kappa shape index (κ1) is 32.8. The van der Waals surface area contributed by atoms with Crippen LogP contribution in [-0.2, 0) is 10.0 Å². The zero-order chi connectivity index (χ0) is 32.9. The van der Waals surface area contributed by atoms with Gasteiger partial charge in [0, 0.05) is 32.7 Å². The summed E-state index contributed by atoms with van der Waals surface area (Å²) < 4.78 is 88.1. The Morgan fingerprint density at radius 2 is 1.51 bits per heavy atom. The van der Waals surface area contributed by atoms with E-state index in [9.17, 15) is 30.8 Å². The van der Waals surface area contributed by atoms with Gasteiger partial charge >= 0.3 is 0 Å². The van der Waals surface area contributed by atoms with Crippen molar-refractivity contribution in [2.45, 2.75) is 11.3 Å². The van der Waals surface area contributed by atoms with Crippen LogP contribution in [-0.4, -0.2) is 61.5 Å². The summed E-state index contributed by atoms with van der Waals surface area (Å²) >= 11 is 0. The molecule has 3 aromatic carbocycles. The molecule has 0 unspecified atom stereocenters. The second-order valence-electron chi connectivity index (χ2n) is 9.58. The Morgan fingerprint density at radius 3 is 2.16 bits per heavy atom. The molecule has 11 nitrogen and oxygen atoms in total. The Balaban J connectivity index is 1.43. The molecule has 1 aromatic heterocycles. The number of hydrogen-bond acceptors (Lipinski definition) is 9. The number of rotatable bonds is 12. The summed E-state index contributed by atoms with van der Waals surface area (Å²) in [5, 5.41) is 13.8. The van der Waals surface area contributed by atoms with Gasteiger partial charge in [-0.1, -0.05) is 18.2 Å². The number of carbonyl (C=O) groups excluding carboxylic acids is 1. The van der Waals surface area contributed by atoms with Crippen molar-refractivity contribution in [1.82, 2.24) is 19.6 Å². The van der Waals surface area contributed by atoms with Gasteiger partial charge in [0.05, 0.1) is 11.3 Å². The summed E-state index contributed by atoms with van der Waals surface area (Å²) in [6.07, 6.45) is 1.29. The standard InChI is InChI=1S/C29H27F4N7O4S/c1-40(2)45(42,43)26-19(21(30)22(31)23(32)24(26)33)29(41)37-14-6-13-36-28-20(27(35)38-15-39-28)25(34)16-9-11-18(12-10-16)44-17-7-4-3-5-8-17/h3-5,7-12,15,34H,6,13-14H2,1-2H3,(H,37,41)(H3,35,36,38,39). The van der Waals surface area contributed by atoms with Crippen LogP contribution in [0.4, 0.5) is 29.2 Å². The molecular weight excluding hydrogens is 618 g/mol. The first-order valence-corrected chi connectivity index (χ1v) is 14.6. The van der Waals surface area contributed by atoms with Crippen molar-refractivity contribution in [2.75, 3.05) is 38.2 Å². The van der Waals surface area contributed by atoms with Crippen molar-refractivity contribution in [3.05, 3.63) is 101 Å². The van der Waals surface area contributed by atoms with E-state index in [2.05, 4.69) is 20.6 Å². The van der Waals surface area contributed by atoms with Crippen LogP contribution in [0.5, 0.6) is 11.5 Å². The summed E-state index contributed by atoms with van der Waals surface area (Å²) in [6, 6.07) is 15.8. The van der Waals surface area contributed by atoms with Crippen LogP contribution in [0.3, 0.4) is 0 Å². The number of benzene rings is 3. The number of anilines is 2. The minimum Gasteiger partial charge on any atom is -0.457 e. The number of halogens is 4. The summed E-state index contributed by atoms with van der Waals surface area (Å²) in [5.74, 6) is -9.13. The maximum Gasteiger partial charge on any atom is 0.255 e. The number of hydrogen-bond donors (Lipinski definition) is 4. The van der Waals surface area contributed by atoms with Gasteiger partial charge in [-0.2, -0.15) is 0 Å². The van der Waals surface area contributed by atoms with Gasteiger partial charge in [-0.15, -0.1) is 0 Å². The summed E-state index contributed by atoms with van der Waals surface area (Å²) in [4.78, 5) is 19.2. The Morgan fingerprint density at radius 1 is 0.889 bits per heavy atom. The number of amides is 1. The third-order valence-electron chi connectivity index (χ3n) is 6.37.